The number of hydrogen-bond acceptors (Lipinski definition) is 4. The molecule has 0 radical (unpaired) electrons. The molecule has 0 saturated carbocycles. The zero-order valence-corrected chi connectivity index (χ0v) is 10.5. The molecule has 2 rings (SSSR count). The van der Waals surface area contributed by atoms with Crippen LogP contribution in [0, 0.1) is 10.5 Å². The molecule has 0 saturated heterocycles. The first-order chi connectivity index (χ1) is 6.68. The van der Waals surface area contributed by atoms with Gasteiger partial charge in [0.25, 0.3) is 0 Å². The van der Waals surface area contributed by atoms with E-state index in [0.717, 1.165) is 14.3 Å². The molecule has 72 valence electrons. The Kier molecular flexibility index (Phi) is 2.69. The predicted octanol–water partition coefficient (Wildman–Crippen LogP) is 2.70. The summed E-state index contributed by atoms with van der Waals surface area (Å²) >= 11 is 3.76. The molecular weight excluding hydrogens is 309 g/mol. The lowest BCUT2D eigenvalue weighted by atomic mass is 10.3. The minimum atomic E-state index is 0.545. The summed E-state index contributed by atoms with van der Waals surface area (Å²) in [6.07, 6.45) is 1.75. The first-order valence-corrected chi connectivity index (χ1v) is 5.97. The number of halogens is 1. The molecule has 0 aromatic carbocycles. The SMILES string of the molecule is Cc1ccsc1-c1ncc(I)c(N)n1. The second-order valence-corrected chi connectivity index (χ2v) is 4.94. The van der Waals surface area contributed by atoms with Gasteiger partial charge in [0, 0.05) is 6.20 Å². The van der Waals surface area contributed by atoms with Crippen molar-refractivity contribution in [3.05, 3.63) is 26.8 Å². The Bertz CT molecular complexity index is 467. The molecule has 0 aliphatic rings. The zero-order chi connectivity index (χ0) is 10.1. The van der Waals surface area contributed by atoms with Gasteiger partial charge in [-0.3, -0.25) is 0 Å². The second-order valence-electron chi connectivity index (χ2n) is 2.86. The maximum atomic E-state index is 5.72. The van der Waals surface area contributed by atoms with Gasteiger partial charge in [-0.25, -0.2) is 9.97 Å². The van der Waals surface area contributed by atoms with Gasteiger partial charge in [0.1, 0.15) is 5.82 Å². The van der Waals surface area contributed by atoms with Crippen LogP contribution >= 0.6 is 33.9 Å². The van der Waals surface area contributed by atoms with Crippen molar-refractivity contribution < 1.29 is 0 Å². The summed E-state index contributed by atoms with van der Waals surface area (Å²) < 4.78 is 0.889. The molecule has 0 fully saturated rings. The molecule has 14 heavy (non-hydrogen) atoms. The molecular formula is C9H8IN3S. The molecule has 0 unspecified atom stereocenters. The van der Waals surface area contributed by atoms with Crippen molar-refractivity contribution in [3.63, 3.8) is 0 Å². The number of hydrogen-bond donors (Lipinski definition) is 1. The normalized spacial score (nSPS) is 10.4. The van der Waals surface area contributed by atoms with Gasteiger partial charge in [0.15, 0.2) is 5.82 Å². The average molecular weight is 317 g/mol. The molecule has 2 heterocycles. The van der Waals surface area contributed by atoms with E-state index in [1.165, 1.54) is 5.56 Å². The van der Waals surface area contributed by atoms with Gasteiger partial charge in [-0.05, 0) is 46.5 Å². The summed E-state index contributed by atoms with van der Waals surface area (Å²) in [6.45, 7) is 2.04. The Morgan fingerprint density at radius 2 is 2.29 bits per heavy atom. The highest BCUT2D eigenvalue weighted by Crippen LogP contribution is 2.26. The first kappa shape index (κ1) is 9.85. The zero-order valence-electron chi connectivity index (χ0n) is 7.49. The molecule has 0 amide bonds. The number of thiophene rings is 1. The van der Waals surface area contributed by atoms with Crippen LogP contribution < -0.4 is 5.73 Å². The largest absolute Gasteiger partial charge is 0.383 e. The van der Waals surface area contributed by atoms with Crippen molar-refractivity contribution in [1.29, 1.82) is 0 Å². The lowest BCUT2D eigenvalue weighted by Crippen LogP contribution is -1.97. The van der Waals surface area contributed by atoms with Crippen LogP contribution in [0.5, 0.6) is 0 Å². The molecule has 2 aromatic heterocycles. The monoisotopic (exact) mass is 317 g/mol. The van der Waals surface area contributed by atoms with Crippen molar-refractivity contribution in [2.75, 3.05) is 5.73 Å². The fraction of sp³-hybridized carbons (Fsp3) is 0.111. The number of nitrogens with two attached hydrogens (primary N) is 1. The third-order valence-electron chi connectivity index (χ3n) is 1.84. The lowest BCUT2D eigenvalue weighted by molar-refractivity contribution is 1.17. The number of anilines is 1. The van der Waals surface area contributed by atoms with Gasteiger partial charge in [-0.1, -0.05) is 0 Å². The summed E-state index contributed by atoms with van der Waals surface area (Å²) in [5, 5.41) is 2.03. The van der Waals surface area contributed by atoms with Crippen molar-refractivity contribution in [2.24, 2.45) is 0 Å². The van der Waals surface area contributed by atoms with Crippen LogP contribution in [0.3, 0.4) is 0 Å². The van der Waals surface area contributed by atoms with Gasteiger partial charge in [-0.15, -0.1) is 11.3 Å². The van der Waals surface area contributed by atoms with Crippen molar-refractivity contribution in [1.82, 2.24) is 9.97 Å². The Balaban J connectivity index is 2.53. The van der Waals surface area contributed by atoms with Crippen LogP contribution in [-0.2, 0) is 0 Å². The Morgan fingerprint density at radius 1 is 1.50 bits per heavy atom. The quantitative estimate of drug-likeness (QED) is 0.823. The van der Waals surface area contributed by atoms with Crippen LogP contribution in [0.15, 0.2) is 17.6 Å². The fourth-order valence-corrected chi connectivity index (χ4v) is 2.22. The van der Waals surface area contributed by atoms with Crippen LogP contribution in [0.25, 0.3) is 10.7 Å². The molecule has 3 nitrogen and oxygen atoms in total. The van der Waals surface area contributed by atoms with E-state index in [9.17, 15) is 0 Å². The molecule has 0 spiro atoms. The van der Waals surface area contributed by atoms with Crippen molar-refractivity contribution >= 4 is 39.7 Å². The molecule has 0 atom stereocenters. The molecule has 5 heteroatoms. The molecule has 0 bridgehead atoms. The highest BCUT2D eigenvalue weighted by atomic mass is 127. The second kappa shape index (κ2) is 3.82. The van der Waals surface area contributed by atoms with E-state index in [1.54, 1.807) is 17.5 Å². The standard InChI is InChI=1S/C9H8IN3S/c1-5-2-3-14-7(5)9-12-4-6(10)8(11)13-9/h2-4H,1H3,(H2,11,12,13). The van der Waals surface area contributed by atoms with Crippen LogP contribution in [0.1, 0.15) is 5.56 Å². The number of aromatic nitrogens is 2. The van der Waals surface area contributed by atoms with E-state index in [-0.39, 0.29) is 0 Å². The summed E-state index contributed by atoms with van der Waals surface area (Å²) in [6, 6.07) is 2.05. The molecule has 2 N–H and O–H groups in total. The summed E-state index contributed by atoms with van der Waals surface area (Å²) in [7, 11) is 0. The third-order valence-corrected chi connectivity index (χ3v) is 3.68. The highest BCUT2D eigenvalue weighted by Gasteiger charge is 2.07. The summed E-state index contributed by atoms with van der Waals surface area (Å²) in [5.74, 6) is 1.26. The van der Waals surface area contributed by atoms with Crippen molar-refractivity contribution in [3.8, 4) is 10.7 Å². The molecule has 0 aliphatic carbocycles. The van der Waals surface area contributed by atoms with E-state index >= 15 is 0 Å². The van der Waals surface area contributed by atoms with Crippen molar-refractivity contribution in [2.45, 2.75) is 6.92 Å². The smallest absolute Gasteiger partial charge is 0.171 e. The van der Waals surface area contributed by atoms with Crippen LogP contribution in [0.4, 0.5) is 5.82 Å². The Labute approximate surface area is 99.5 Å². The van der Waals surface area contributed by atoms with Crippen LogP contribution in [-0.4, -0.2) is 9.97 Å². The maximum Gasteiger partial charge on any atom is 0.171 e. The van der Waals surface area contributed by atoms with Gasteiger partial charge < -0.3 is 5.73 Å². The first-order valence-electron chi connectivity index (χ1n) is 4.01. The lowest BCUT2D eigenvalue weighted by Gasteiger charge is -2.00. The number of nitrogen functional groups attached to an aromatic ring is 1. The maximum absolute atomic E-state index is 5.72. The Morgan fingerprint density at radius 3 is 2.86 bits per heavy atom. The molecule has 2 aromatic rings. The van der Waals surface area contributed by atoms with Gasteiger partial charge in [0.2, 0.25) is 0 Å². The van der Waals surface area contributed by atoms with E-state index in [4.69, 9.17) is 5.73 Å². The fourth-order valence-electron chi connectivity index (χ4n) is 1.09. The van der Waals surface area contributed by atoms with E-state index < -0.39 is 0 Å². The van der Waals surface area contributed by atoms with E-state index in [0.29, 0.717) is 5.82 Å². The summed E-state index contributed by atoms with van der Waals surface area (Å²) in [5.41, 5.74) is 6.91. The van der Waals surface area contributed by atoms with E-state index in [2.05, 4.69) is 38.6 Å². The van der Waals surface area contributed by atoms with E-state index in [1.807, 2.05) is 12.3 Å². The average Bonchev–Trinajstić information content (AvgIpc) is 2.57. The number of aryl methyl sites for hydroxylation is 1. The molecule has 0 aliphatic heterocycles. The Hall–Kier alpha value is -0.690. The highest BCUT2D eigenvalue weighted by molar-refractivity contribution is 14.1. The number of nitrogens with zero attached hydrogens (tertiary/aromatic N) is 2. The van der Waals surface area contributed by atoms with Gasteiger partial charge >= 0.3 is 0 Å². The van der Waals surface area contributed by atoms with Crippen LogP contribution in [0.2, 0.25) is 0 Å². The van der Waals surface area contributed by atoms with Gasteiger partial charge in [0.05, 0.1) is 8.45 Å². The number of rotatable bonds is 1. The third kappa shape index (κ3) is 1.74. The minimum absolute atomic E-state index is 0.545. The minimum Gasteiger partial charge on any atom is -0.383 e. The summed E-state index contributed by atoms with van der Waals surface area (Å²) in [4.78, 5) is 9.59. The van der Waals surface area contributed by atoms with Gasteiger partial charge in [-0.2, -0.15) is 0 Å². The topological polar surface area (TPSA) is 51.8 Å². The predicted molar refractivity (Wildman–Crippen MR) is 67.2 cm³/mol.